The highest BCUT2D eigenvalue weighted by Crippen LogP contribution is 1.88. The van der Waals surface area contributed by atoms with Crippen molar-refractivity contribution in [2.24, 2.45) is 0 Å². The molecule has 0 aromatic heterocycles. The molecule has 0 radical (unpaired) electrons. The summed E-state index contributed by atoms with van der Waals surface area (Å²) >= 11 is 0. The van der Waals surface area contributed by atoms with E-state index in [1.54, 1.807) is 12.1 Å². The summed E-state index contributed by atoms with van der Waals surface area (Å²) in [5, 5.41) is 10.6. The lowest BCUT2D eigenvalue weighted by molar-refractivity contribution is 0.0695. The number of carboxylic acid groups (broad SMARTS) is 1. The van der Waals surface area contributed by atoms with Crippen molar-refractivity contribution in [3.05, 3.63) is 34.2 Å². The third kappa shape index (κ3) is 1.78. The molecule has 1 rings (SSSR count). The predicted octanol–water partition coefficient (Wildman–Crippen LogP) is 0.986. The summed E-state index contributed by atoms with van der Waals surface area (Å²) < 4.78 is 0. The Labute approximate surface area is 76.8 Å². The second-order valence-electron chi connectivity index (χ2n) is 2.69. The Morgan fingerprint density at radius 1 is 1.31 bits per heavy atom. The van der Waals surface area contributed by atoms with Gasteiger partial charge in [-0.25, -0.2) is 4.79 Å². The molecule has 0 fully saturated rings. The third-order valence-electron chi connectivity index (χ3n) is 1.97. The van der Waals surface area contributed by atoms with Crippen molar-refractivity contribution in [2.45, 2.75) is 13.8 Å². The normalized spacial score (nSPS) is 13.4. The summed E-state index contributed by atoms with van der Waals surface area (Å²) in [6.07, 6.45) is 3.72. The molecule has 0 saturated heterocycles. The lowest BCUT2D eigenvalue weighted by Crippen LogP contribution is -2.30. The van der Waals surface area contributed by atoms with Crippen LogP contribution in [0.5, 0.6) is 0 Å². The molecule has 2 nitrogen and oxygen atoms in total. The molecule has 68 valence electrons. The molecule has 0 saturated carbocycles. The van der Waals surface area contributed by atoms with Crippen LogP contribution in [0, 0.1) is 0 Å². The van der Waals surface area contributed by atoms with Crippen LogP contribution in [-0.2, 0) is 0 Å². The Hall–Kier alpha value is -1.57. The van der Waals surface area contributed by atoms with Gasteiger partial charge in [-0.1, -0.05) is 24.3 Å². The van der Waals surface area contributed by atoms with Crippen LogP contribution >= 0.6 is 0 Å². The van der Waals surface area contributed by atoms with E-state index in [0.29, 0.717) is 5.56 Å². The highest BCUT2D eigenvalue weighted by molar-refractivity contribution is 5.88. The van der Waals surface area contributed by atoms with Crippen molar-refractivity contribution < 1.29 is 9.90 Å². The summed E-state index contributed by atoms with van der Waals surface area (Å²) in [5.74, 6) is -0.878. The van der Waals surface area contributed by atoms with Gasteiger partial charge in [0.2, 0.25) is 0 Å². The van der Waals surface area contributed by atoms with Crippen LogP contribution in [-0.4, -0.2) is 11.1 Å². The number of hydrogen-bond donors (Lipinski definition) is 1. The van der Waals surface area contributed by atoms with Gasteiger partial charge in [-0.3, -0.25) is 0 Å². The van der Waals surface area contributed by atoms with E-state index in [1.165, 1.54) is 0 Å². The van der Waals surface area contributed by atoms with Crippen LogP contribution in [0.3, 0.4) is 0 Å². The zero-order valence-electron chi connectivity index (χ0n) is 7.74. The lowest BCUT2D eigenvalue weighted by atomic mass is 10.1. The second-order valence-corrected chi connectivity index (χ2v) is 2.69. The van der Waals surface area contributed by atoms with Crippen LogP contribution in [0.4, 0.5) is 0 Å². The van der Waals surface area contributed by atoms with E-state index >= 15 is 0 Å². The molecule has 2 heteroatoms. The molecule has 0 bridgehead atoms. The number of carbonyl (C=O) groups is 1. The van der Waals surface area contributed by atoms with Crippen molar-refractivity contribution >= 4 is 18.1 Å². The summed E-state index contributed by atoms with van der Waals surface area (Å²) in [6, 6.07) is 5.28. The van der Waals surface area contributed by atoms with Crippen LogP contribution in [0.15, 0.2) is 18.2 Å². The van der Waals surface area contributed by atoms with Crippen molar-refractivity contribution in [2.75, 3.05) is 0 Å². The highest BCUT2D eigenvalue weighted by Gasteiger charge is 2.02. The van der Waals surface area contributed by atoms with E-state index in [4.69, 9.17) is 5.11 Å². The average Bonchev–Trinajstić information content (AvgIpc) is 2.16. The Kier molecular flexibility index (Phi) is 2.85. The van der Waals surface area contributed by atoms with Crippen LogP contribution < -0.4 is 10.4 Å². The minimum absolute atomic E-state index is 0.359. The van der Waals surface area contributed by atoms with Crippen molar-refractivity contribution in [3.63, 3.8) is 0 Å². The van der Waals surface area contributed by atoms with Crippen molar-refractivity contribution in [3.8, 4) is 0 Å². The first-order chi connectivity index (χ1) is 6.20. The Balaban J connectivity index is 3.67. The van der Waals surface area contributed by atoms with Crippen LogP contribution in [0.25, 0.3) is 12.2 Å². The molecule has 0 spiro atoms. The first-order valence-electron chi connectivity index (χ1n) is 4.15. The molecule has 1 aromatic carbocycles. The highest BCUT2D eigenvalue weighted by atomic mass is 16.4. The van der Waals surface area contributed by atoms with Gasteiger partial charge in [0, 0.05) is 0 Å². The number of benzene rings is 1. The maximum absolute atomic E-state index is 10.8. The monoisotopic (exact) mass is 176 g/mol. The largest absolute Gasteiger partial charge is 0.478 e. The molecule has 0 aliphatic heterocycles. The summed E-state index contributed by atoms with van der Waals surface area (Å²) in [6.45, 7) is 3.74. The van der Waals surface area contributed by atoms with E-state index in [9.17, 15) is 4.79 Å². The average molecular weight is 176 g/mol. The molecule has 13 heavy (non-hydrogen) atoms. The van der Waals surface area contributed by atoms with Crippen molar-refractivity contribution in [1.29, 1.82) is 0 Å². The number of carboxylic acids is 1. The van der Waals surface area contributed by atoms with Crippen LogP contribution in [0.1, 0.15) is 24.2 Å². The zero-order chi connectivity index (χ0) is 9.84. The molecule has 0 heterocycles. The Morgan fingerprint density at radius 2 is 2.00 bits per heavy atom. The fourth-order valence-corrected chi connectivity index (χ4v) is 1.34. The first kappa shape index (κ1) is 9.52. The maximum atomic E-state index is 10.8. The van der Waals surface area contributed by atoms with Gasteiger partial charge in [-0.2, -0.15) is 0 Å². The van der Waals surface area contributed by atoms with E-state index in [2.05, 4.69) is 0 Å². The van der Waals surface area contributed by atoms with Crippen molar-refractivity contribution in [1.82, 2.24) is 0 Å². The quantitative estimate of drug-likeness (QED) is 0.692. The van der Waals surface area contributed by atoms with E-state index in [1.807, 2.05) is 32.1 Å². The minimum atomic E-state index is -0.878. The summed E-state index contributed by atoms with van der Waals surface area (Å²) in [4.78, 5) is 10.8. The fourth-order valence-electron chi connectivity index (χ4n) is 1.34. The Bertz CT molecular complexity index is 430. The number of rotatable bonds is 1. The maximum Gasteiger partial charge on any atom is 0.336 e. The molecule has 0 amide bonds. The SMILES string of the molecule is C/C=c1/cccc(C(=O)O)/c1=C/C. The van der Waals surface area contributed by atoms with Gasteiger partial charge in [0.15, 0.2) is 0 Å². The van der Waals surface area contributed by atoms with Gasteiger partial charge in [-0.15, -0.1) is 0 Å². The van der Waals surface area contributed by atoms with E-state index in [-0.39, 0.29) is 0 Å². The van der Waals surface area contributed by atoms with Gasteiger partial charge < -0.3 is 5.11 Å². The number of aromatic carboxylic acids is 1. The van der Waals surface area contributed by atoms with Gasteiger partial charge in [0.1, 0.15) is 0 Å². The Morgan fingerprint density at radius 3 is 2.46 bits per heavy atom. The predicted molar refractivity (Wildman–Crippen MR) is 52.9 cm³/mol. The fraction of sp³-hybridized carbons (Fsp3) is 0.182. The molecular formula is C11H12O2. The smallest absolute Gasteiger partial charge is 0.336 e. The van der Waals surface area contributed by atoms with Gasteiger partial charge in [0.05, 0.1) is 5.56 Å². The number of hydrogen-bond acceptors (Lipinski definition) is 1. The topological polar surface area (TPSA) is 37.3 Å². The lowest BCUT2D eigenvalue weighted by Gasteiger charge is -1.96. The van der Waals surface area contributed by atoms with Gasteiger partial charge in [-0.05, 0) is 30.4 Å². The second kappa shape index (κ2) is 3.90. The summed E-state index contributed by atoms with van der Waals surface area (Å²) in [5.41, 5.74) is 0.359. The standard InChI is InChI=1S/C11H12O2/c1-3-8-6-5-7-10(11(12)13)9(8)4-2/h3-7H,1-2H3,(H,12,13)/b8-3-,9-4+. The molecule has 0 aliphatic carbocycles. The molecule has 0 atom stereocenters. The van der Waals surface area contributed by atoms with Crippen LogP contribution in [0.2, 0.25) is 0 Å². The van der Waals surface area contributed by atoms with E-state index < -0.39 is 5.97 Å². The van der Waals surface area contributed by atoms with E-state index in [0.717, 1.165) is 10.4 Å². The van der Waals surface area contributed by atoms with Gasteiger partial charge in [0.25, 0.3) is 0 Å². The molecule has 0 aliphatic rings. The zero-order valence-corrected chi connectivity index (χ0v) is 7.74. The molecule has 1 aromatic rings. The third-order valence-corrected chi connectivity index (χ3v) is 1.97. The summed E-state index contributed by atoms with van der Waals surface area (Å²) in [7, 11) is 0. The molecule has 1 N–H and O–H groups in total. The first-order valence-corrected chi connectivity index (χ1v) is 4.15. The molecule has 0 unspecified atom stereocenters. The van der Waals surface area contributed by atoms with Gasteiger partial charge >= 0.3 is 5.97 Å². The minimum Gasteiger partial charge on any atom is -0.478 e. The molecular weight excluding hydrogens is 164 g/mol.